The summed E-state index contributed by atoms with van der Waals surface area (Å²) in [5, 5.41) is 23.7. The number of carbonyl (C=O) groups is 1. The average Bonchev–Trinajstić information content (AvgIpc) is 2.44. The normalized spacial score (nSPS) is 17.8. The first-order chi connectivity index (χ1) is 7.47. The van der Waals surface area contributed by atoms with E-state index in [1.54, 1.807) is 0 Å². The summed E-state index contributed by atoms with van der Waals surface area (Å²) in [7, 11) is 0. The second-order valence-electron chi connectivity index (χ2n) is 3.99. The van der Waals surface area contributed by atoms with Gasteiger partial charge in [-0.15, -0.1) is 0 Å². The molecule has 1 aliphatic carbocycles. The van der Waals surface area contributed by atoms with Crippen molar-refractivity contribution in [3.63, 3.8) is 0 Å². The molecule has 7 nitrogen and oxygen atoms in total. The molecule has 1 aromatic rings. The Bertz CT molecular complexity index is 461. The van der Waals surface area contributed by atoms with Gasteiger partial charge in [-0.2, -0.15) is 5.10 Å². The lowest BCUT2D eigenvalue weighted by atomic mass is 9.77. The van der Waals surface area contributed by atoms with Gasteiger partial charge in [0.2, 0.25) is 0 Å². The minimum Gasteiger partial charge on any atom is -0.479 e. The van der Waals surface area contributed by atoms with Crippen LogP contribution in [-0.4, -0.2) is 25.8 Å². The van der Waals surface area contributed by atoms with Crippen LogP contribution >= 0.6 is 0 Å². The quantitative estimate of drug-likeness (QED) is 0.612. The zero-order chi connectivity index (χ0) is 11.9. The standard InChI is InChI=1S/C9H11N3O4/c1-6-7(12(15)16)5-11(10-6)9(8(13)14)3-2-4-9/h5H,2-4H2,1H3,(H,13,14). The molecular weight excluding hydrogens is 214 g/mol. The zero-order valence-corrected chi connectivity index (χ0v) is 8.71. The second kappa shape index (κ2) is 3.29. The smallest absolute Gasteiger partial charge is 0.331 e. The van der Waals surface area contributed by atoms with E-state index in [0.29, 0.717) is 12.8 Å². The highest BCUT2D eigenvalue weighted by Crippen LogP contribution is 2.40. The van der Waals surface area contributed by atoms with Gasteiger partial charge in [0.15, 0.2) is 5.54 Å². The Morgan fingerprint density at radius 3 is 2.62 bits per heavy atom. The summed E-state index contributed by atoms with van der Waals surface area (Å²) in [5.41, 5.74) is -0.955. The lowest BCUT2D eigenvalue weighted by Gasteiger charge is -2.37. The van der Waals surface area contributed by atoms with Crippen molar-refractivity contribution in [3.05, 3.63) is 22.0 Å². The average molecular weight is 225 g/mol. The van der Waals surface area contributed by atoms with Gasteiger partial charge in [0, 0.05) is 0 Å². The van der Waals surface area contributed by atoms with Crippen LogP contribution in [0, 0.1) is 17.0 Å². The van der Waals surface area contributed by atoms with Crippen LogP contribution in [0.2, 0.25) is 0 Å². The van der Waals surface area contributed by atoms with Crippen molar-refractivity contribution in [2.45, 2.75) is 31.7 Å². The Kier molecular flexibility index (Phi) is 2.18. The zero-order valence-electron chi connectivity index (χ0n) is 8.71. The third-order valence-corrected chi connectivity index (χ3v) is 3.09. The van der Waals surface area contributed by atoms with E-state index < -0.39 is 16.4 Å². The van der Waals surface area contributed by atoms with Crippen LogP contribution in [0.4, 0.5) is 5.69 Å². The fourth-order valence-electron chi connectivity index (χ4n) is 1.90. The number of aliphatic carboxylic acids is 1. The van der Waals surface area contributed by atoms with Gasteiger partial charge in [0.05, 0.1) is 4.92 Å². The summed E-state index contributed by atoms with van der Waals surface area (Å²) in [4.78, 5) is 21.3. The van der Waals surface area contributed by atoms with Crippen LogP contribution in [-0.2, 0) is 10.3 Å². The number of nitro groups is 1. The number of hydrogen-bond donors (Lipinski definition) is 1. The van der Waals surface area contributed by atoms with Crippen molar-refractivity contribution in [1.82, 2.24) is 9.78 Å². The van der Waals surface area contributed by atoms with Gasteiger partial charge in [0.25, 0.3) is 0 Å². The third-order valence-electron chi connectivity index (χ3n) is 3.09. The molecule has 0 aromatic carbocycles. The SMILES string of the molecule is Cc1nn(C2(C(=O)O)CCC2)cc1[N+](=O)[O-]. The fourth-order valence-corrected chi connectivity index (χ4v) is 1.90. The van der Waals surface area contributed by atoms with Crippen LogP contribution in [0.5, 0.6) is 0 Å². The topological polar surface area (TPSA) is 98.3 Å². The van der Waals surface area contributed by atoms with E-state index in [2.05, 4.69) is 5.10 Å². The maximum absolute atomic E-state index is 11.2. The van der Waals surface area contributed by atoms with Crippen molar-refractivity contribution in [1.29, 1.82) is 0 Å². The van der Waals surface area contributed by atoms with Gasteiger partial charge in [-0.3, -0.25) is 10.1 Å². The maximum atomic E-state index is 11.2. The van der Waals surface area contributed by atoms with Crippen molar-refractivity contribution in [2.75, 3.05) is 0 Å². The molecule has 1 saturated carbocycles. The van der Waals surface area contributed by atoms with Crippen LogP contribution in [0.25, 0.3) is 0 Å². The fraction of sp³-hybridized carbons (Fsp3) is 0.556. The molecule has 16 heavy (non-hydrogen) atoms. The molecule has 0 unspecified atom stereocenters. The summed E-state index contributed by atoms with van der Waals surface area (Å²) in [6, 6.07) is 0. The molecule has 7 heteroatoms. The van der Waals surface area contributed by atoms with Crippen molar-refractivity contribution in [3.8, 4) is 0 Å². The summed E-state index contributed by atoms with van der Waals surface area (Å²) < 4.78 is 1.23. The van der Waals surface area contributed by atoms with Crippen LogP contribution < -0.4 is 0 Å². The Morgan fingerprint density at radius 2 is 2.31 bits per heavy atom. The molecule has 1 fully saturated rings. The summed E-state index contributed by atoms with van der Waals surface area (Å²) >= 11 is 0. The van der Waals surface area contributed by atoms with E-state index in [4.69, 9.17) is 5.11 Å². The Labute approximate surface area is 90.8 Å². The summed E-state index contributed by atoms with van der Waals surface area (Å²) in [6.07, 6.45) is 2.96. The molecule has 2 rings (SSSR count). The molecule has 1 heterocycles. The van der Waals surface area contributed by atoms with Crippen LogP contribution in [0.1, 0.15) is 25.0 Å². The maximum Gasteiger partial charge on any atom is 0.331 e. The highest BCUT2D eigenvalue weighted by molar-refractivity contribution is 5.77. The predicted molar refractivity (Wildman–Crippen MR) is 53.1 cm³/mol. The first-order valence-corrected chi connectivity index (χ1v) is 4.92. The molecule has 86 valence electrons. The Morgan fingerprint density at radius 1 is 1.69 bits per heavy atom. The van der Waals surface area contributed by atoms with Crippen molar-refractivity contribution >= 4 is 11.7 Å². The van der Waals surface area contributed by atoms with Gasteiger partial charge in [0.1, 0.15) is 11.9 Å². The number of aromatic nitrogens is 2. The molecule has 0 aliphatic heterocycles. The molecule has 0 spiro atoms. The van der Waals surface area contributed by atoms with Gasteiger partial charge in [-0.25, -0.2) is 9.48 Å². The highest BCUT2D eigenvalue weighted by Gasteiger charge is 2.48. The van der Waals surface area contributed by atoms with E-state index in [-0.39, 0.29) is 11.4 Å². The minimum atomic E-state index is -1.07. The molecule has 1 aliphatic rings. The molecule has 0 bridgehead atoms. The van der Waals surface area contributed by atoms with Gasteiger partial charge < -0.3 is 5.11 Å². The molecule has 1 N–H and O–H groups in total. The minimum absolute atomic E-state index is 0.132. The number of carboxylic acids is 1. The number of hydrogen-bond acceptors (Lipinski definition) is 4. The van der Waals surface area contributed by atoms with Gasteiger partial charge in [-0.05, 0) is 26.2 Å². The lowest BCUT2D eigenvalue weighted by Crippen LogP contribution is -2.48. The highest BCUT2D eigenvalue weighted by atomic mass is 16.6. The van der Waals surface area contributed by atoms with E-state index >= 15 is 0 Å². The van der Waals surface area contributed by atoms with Crippen molar-refractivity contribution < 1.29 is 14.8 Å². The molecule has 0 amide bonds. The molecular formula is C9H11N3O4. The second-order valence-corrected chi connectivity index (χ2v) is 3.99. The number of nitrogens with zero attached hydrogens (tertiary/aromatic N) is 3. The molecule has 0 radical (unpaired) electrons. The Balaban J connectivity index is 2.44. The monoisotopic (exact) mass is 225 g/mol. The largest absolute Gasteiger partial charge is 0.479 e. The first kappa shape index (κ1) is 10.6. The predicted octanol–water partition coefficient (Wildman–Crippen LogP) is 1.06. The van der Waals surface area contributed by atoms with Crippen LogP contribution in [0.3, 0.4) is 0 Å². The van der Waals surface area contributed by atoms with Crippen molar-refractivity contribution in [2.24, 2.45) is 0 Å². The number of carboxylic acid groups (broad SMARTS) is 1. The molecule has 1 aromatic heterocycles. The van der Waals surface area contributed by atoms with E-state index in [0.717, 1.165) is 6.42 Å². The van der Waals surface area contributed by atoms with E-state index in [9.17, 15) is 14.9 Å². The molecule has 0 atom stereocenters. The van der Waals surface area contributed by atoms with Gasteiger partial charge >= 0.3 is 11.7 Å². The lowest BCUT2D eigenvalue weighted by molar-refractivity contribution is -0.385. The first-order valence-electron chi connectivity index (χ1n) is 4.92. The number of rotatable bonds is 3. The third kappa shape index (κ3) is 1.28. The molecule has 0 saturated heterocycles. The van der Waals surface area contributed by atoms with E-state index in [1.807, 2.05) is 0 Å². The van der Waals surface area contributed by atoms with E-state index in [1.165, 1.54) is 17.8 Å². The summed E-state index contributed by atoms with van der Waals surface area (Å²) in [6.45, 7) is 1.50. The Hall–Kier alpha value is -1.92. The van der Waals surface area contributed by atoms with Gasteiger partial charge in [-0.1, -0.05) is 0 Å². The van der Waals surface area contributed by atoms with Crippen LogP contribution in [0.15, 0.2) is 6.20 Å². The summed E-state index contributed by atoms with van der Waals surface area (Å²) in [5.74, 6) is -0.976. The number of aryl methyl sites for hydroxylation is 1.